The van der Waals surface area contributed by atoms with E-state index in [-0.39, 0.29) is 0 Å². The third kappa shape index (κ3) is 3.82. The van der Waals surface area contributed by atoms with Gasteiger partial charge in [0.25, 0.3) is 0 Å². The van der Waals surface area contributed by atoms with Crippen LogP contribution in [0, 0.1) is 23.7 Å². The van der Waals surface area contributed by atoms with Crippen LogP contribution in [0.4, 0.5) is 0 Å². The van der Waals surface area contributed by atoms with Gasteiger partial charge in [0, 0.05) is 5.25 Å². The van der Waals surface area contributed by atoms with E-state index >= 15 is 0 Å². The van der Waals surface area contributed by atoms with Crippen molar-refractivity contribution in [2.75, 3.05) is 6.26 Å². The maximum atomic E-state index is 2.39. The normalized spacial score (nSPS) is 24.9. The van der Waals surface area contributed by atoms with Crippen molar-refractivity contribution in [3.8, 4) is 0 Å². The van der Waals surface area contributed by atoms with Gasteiger partial charge in [0.2, 0.25) is 0 Å². The van der Waals surface area contributed by atoms with E-state index in [1.807, 2.05) is 21.6 Å². The molecule has 1 aliphatic carbocycles. The van der Waals surface area contributed by atoms with Gasteiger partial charge in [-0.15, -0.1) is 0 Å². The standard InChI is InChI=1S/C15H26S2/c1-10(2)15(11(3)4)13-8-7-9-14(12(13)5)17-16-6/h7-12,14-15H,1-6H3. The maximum Gasteiger partial charge on any atom is 0.0397 e. The van der Waals surface area contributed by atoms with Gasteiger partial charge in [0.05, 0.1) is 0 Å². The Kier molecular flexibility index (Phi) is 6.22. The van der Waals surface area contributed by atoms with Gasteiger partial charge in [-0.05, 0) is 29.9 Å². The van der Waals surface area contributed by atoms with Crippen molar-refractivity contribution < 1.29 is 0 Å². The van der Waals surface area contributed by atoms with Crippen LogP contribution in [0.25, 0.3) is 0 Å². The number of allylic oxidation sites excluding steroid dienone is 3. The molecule has 0 nitrogen and oxygen atoms in total. The summed E-state index contributed by atoms with van der Waals surface area (Å²) in [6.45, 7) is 11.8. The van der Waals surface area contributed by atoms with E-state index in [0.29, 0.717) is 11.2 Å². The molecule has 2 atom stereocenters. The smallest absolute Gasteiger partial charge is 0.0397 e. The Morgan fingerprint density at radius 3 is 2.18 bits per heavy atom. The molecule has 0 bridgehead atoms. The second-order valence-corrected chi connectivity index (χ2v) is 8.23. The Hall–Kier alpha value is 0.180. The molecule has 17 heavy (non-hydrogen) atoms. The summed E-state index contributed by atoms with van der Waals surface area (Å²) in [7, 11) is 3.87. The van der Waals surface area contributed by atoms with Crippen LogP contribution < -0.4 is 0 Å². The largest absolute Gasteiger partial charge is 0.0970 e. The van der Waals surface area contributed by atoms with Crippen molar-refractivity contribution in [1.29, 1.82) is 0 Å². The van der Waals surface area contributed by atoms with Gasteiger partial charge in [-0.3, -0.25) is 0 Å². The zero-order valence-corrected chi connectivity index (χ0v) is 13.6. The first-order valence-electron chi connectivity index (χ1n) is 6.56. The minimum Gasteiger partial charge on any atom is -0.0970 e. The van der Waals surface area contributed by atoms with Crippen LogP contribution in [0.3, 0.4) is 0 Å². The molecular weight excluding hydrogens is 244 g/mol. The number of hydrogen-bond donors (Lipinski definition) is 0. The molecular formula is C15H26S2. The summed E-state index contributed by atoms with van der Waals surface area (Å²) in [5.41, 5.74) is 1.66. The molecule has 0 aromatic rings. The van der Waals surface area contributed by atoms with Crippen molar-refractivity contribution in [3.05, 3.63) is 23.8 Å². The molecule has 0 aromatic carbocycles. The van der Waals surface area contributed by atoms with Crippen LogP contribution in [0.15, 0.2) is 23.8 Å². The molecule has 0 radical (unpaired) electrons. The minimum atomic E-state index is 0.644. The molecule has 1 rings (SSSR count). The minimum absolute atomic E-state index is 0.644. The molecule has 0 heterocycles. The first-order chi connectivity index (χ1) is 7.99. The molecule has 0 saturated carbocycles. The topological polar surface area (TPSA) is 0 Å². The van der Waals surface area contributed by atoms with Gasteiger partial charge in [-0.2, -0.15) is 0 Å². The molecule has 0 aromatic heterocycles. The third-order valence-corrected chi connectivity index (χ3v) is 5.86. The fourth-order valence-electron chi connectivity index (χ4n) is 2.97. The van der Waals surface area contributed by atoms with E-state index in [4.69, 9.17) is 0 Å². The van der Waals surface area contributed by atoms with Crippen LogP contribution in [-0.4, -0.2) is 11.5 Å². The quantitative estimate of drug-likeness (QED) is 0.611. The molecule has 0 fully saturated rings. The van der Waals surface area contributed by atoms with Crippen molar-refractivity contribution in [3.63, 3.8) is 0 Å². The second-order valence-electron chi connectivity index (χ2n) is 5.58. The van der Waals surface area contributed by atoms with Gasteiger partial charge in [0.15, 0.2) is 0 Å². The highest BCUT2D eigenvalue weighted by molar-refractivity contribution is 8.76. The Morgan fingerprint density at radius 1 is 1.12 bits per heavy atom. The molecule has 0 spiro atoms. The second kappa shape index (κ2) is 6.94. The molecule has 98 valence electrons. The fraction of sp³-hybridized carbons (Fsp3) is 0.733. The van der Waals surface area contributed by atoms with E-state index < -0.39 is 0 Å². The third-order valence-electron chi connectivity index (χ3n) is 3.64. The molecule has 0 amide bonds. The lowest BCUT2D eigenvalue weighted by molar-refractivity contribution is 0.313. The summed E-state index contributed by atoms with van der Waals surface area (Å²) < 4.78 is 0. The summed E-state index contributed by atoms with van der Waals surface area (Å²) in [6.07, 6.45) is 9.16. The average Bonchev–Trinajstić information content (AvgIpc) is 2.23. The summed E-state index contributed by atoms with van der Waals surface area (Å²) in [5.74, 6) is 2.86. The monoisotopic (exact) mass is 270 g/mol. The van der Waals surface area contributed by atoms with E-state index in [1.54, 1.807) is 5.57 Å². The van der Waals surface area contributed by atoms with Crippen LogP contribution in [0.1, 0.15) is 34.6 Å². The lowest BCUT2D eigenvalue weighted by Crippen LogP contribution is -2.27. The predicted molar refractivity (Wildman–Crippen MR) is 84.4 cm³/mol. The van der Waals surface area contributed by atoms with Crippen LogP contribution in [0.2, 0.25) is 0 Å². The lowest BCUT2D eigenvalue weighted by Gasteiger charge is -2.35. The van der Waals surface area contributed by atoms with E-state index in [0.717, 1.165) is 17.8 Å². The highest BCUT2D eigenvalue weighted by atomic mass is 33.1. The van der Waals surface area contributed by atoms with Crippen molar-refractivity contribution in [1.82, 2.24) is 0 Å². The zero-order valence-electron chi connectivity index (χ0n) is 11.9. The predicted octanol–water partition coefficient (Wildman–Crippen LogP) is 5.43. The van der Waals surface area contributed by atoms with Crippen molar-refractivity contribution >= 4 is 21.6 Å². The summed E-state index contributed by atoms with van der Waals surface area (Å²) >= 11 is 0. The van der Waals surface area contributed by atoms with Crippen molar-refractivity contribution in [2.45, 2.75) is 39.9 Å². The molecule has 2 unspecified atom stereocenters. The summed E-state index contributed by atoms with van der Waals surface area (Å²) in [4.78, 5) is 0. The Morgan fingerprint density at radius 2 is 1.71 bits per heavy atom. The maximum absolute atomic E-state index is 2.39. The van der Waals surface area contributed by atoms with E-state index in [2.05, 4.69) is 59.1 Å². The first kappa shape index (κ1) is 15.2. The van der Waals surface area contributed by atoms with Gasteiger partial charge in [0.1, 0.15) is 0 Å². The van der Waals surface area contributed by atoms with Gasteiger partial charge < -0.3 is 0 Å². The highest BCUT2D eigenvalue weighted by Crippen LogP contribution is 2.41. The average molecular weight is 271 g/mol. The molecule has 2 heteroatoms. The van der Waals surface area contributed by atoms with Crippen LogP contribution in [0.5, 0.6) is 0 Å². The summed E-state index contributed by atoms with van der Waals surface area (Å²) in [5, 5.41) is 0.644. The number of hydrogen-bond acceptors (Lipinski definition) is 2. The van der Waals surface area contributed by atoms with E-state index in [1.165, 1.54) is 0 Å². The highest BCUT2D eigenvalue weighted by Gasteiger charge is 2.30. The lowest BCUT2D eigenvalue weighted by atomic mass is 9.73. The molecule has 0 saturated heterocycles. The Bertz CT molecular complexity index is 281. The fourth-order valence-corrected chi connectivity index (χ4v) is 5.03. The van der Waals surface area contributed by atoms with Crippen LogP contribution >= 0.6 is 21.6 Å². The van der Waals surface area contributed by atoms with Gasteiger partial charge in [-0.1, -0.05) is 80.0 Å². The zero-order chi connectivity index (χ0) is 13.0. The van der Waals surface area contributed by atoms with Crippen molar-refractivity contribution in [2.24, 2.45) is 23.7 Å². The molecule has 0 aliphatic heterocycles. The van der Waals surface area contributed by atoms with Gasteiger partial charge >= 0.3 is 0 Å². The molecule has 1 aliphatic rings. The Labute approximate surface area is 115 Å². The SMILES string of the molecule is CSSC1C=CC=C(C(C(C)C)C(C)C)C1C. The summed E-state index contributed by atoms with van der Waals surface area (Å²) in [6, 6.07) is 0. The molecule has 0 N–H and O–H groups in total. The van der Waals surface area contributed by atoms with Crippen LogP contribution in [-0.2, 0) is 0 Å². The number of rotatable bonds is 5. The Balaban J connectivity index is 2.88. The van der Waals surface area contributed by atoms with E-state index in [9.17, 15) is 0 Å². The first-order valence-corrected chi connectivity index (χ1v) is 9.18. The van der Waals surface area contributed by atoms with Gasteiger partial charge in [-0.25, -0.2) is 0 Å².